The number of nitrogens with one attached hydrogen (secondary N) is 1. The number of sulfone groups is 1. The molecule has 1 saturated carbocycles. The minimum Gasteiger partial charge on any atom is -0.493 e. The third-order valence-corrected chi connectivity index (χ3v) is 14.0. The van der Waals surface area contributed by atoms with Gasteiger partial charge in [0.05, 0.1) is 23.8 Å². The molecule has 2 N–H and O–H groups in total. The zero-order valence-corrected chi connectivity index (χ0v) is 33.0. The Bertz CT molecular complexity index is 2090. The number of hydrogen-bond donors (Lipinski definition) is 2. The number of carboxylic acids is 1. The lowest BCUT2D eigenvalue weighted by Gasteiger charge is -2.47. The van der Waals surface area contributed by atoms with E-state index >= 15 is 0 Å². The van der Waals surface area contributed by atoms with Crippen LogP contribution in [0.3, 0.4) is 0 Å². The number of nitrogens with zero attached hydrogens (tertiary/aromatic N) is 3. The fourth-order valence-corrected chi connectivity index (χ4v) is 10.7. The molecule has 1 fully saturated rings. The lowest BCUT2D eigenvalue weighted by atomic mass is 9.59. The Morgan fingerprint density at radius 1 is 1.09 bits per heavy atom. The van der Waals surface area contributed by atoms with Crippen molar-refractivity contribution in [3.63, 3.8) is 0 Å². The lowest BCUT2D eigenvalue weighted by Crippen LogP contribution is -2.53. The number of halogens is 1. The predicted molar refractivity (Wildman–Crippen MR) is 210 cm³/mol. The molecule has 12 heteroatoms. The van der Waals surface area contributed by atoms with E-state index in [0.717, 1.165) is 43.5 Å². The Balaban J connectivity index is 1.10. The maximum absolute atomic E-state index is 13.0. The molecule has 7 rings (SSSR count). The highest BCUT2D eigenvalue weighted by molar-refractivity contribution is 7.90. The number of anilines is 1. The van der Waals surface area contributed by atoms with Gasteiger partial charge in [-0.3, -0.25) is 9.67 Å². The molecule has 0 radical (unpaired) electrons. The number of ether oxygens (including phenoxy) is 2. The number of carboxylic acid groups (broad SMARTS) is 1. The van der Waals surface area contributed by atoms with Crippen molar-refractivity contribution >= 4 is 33.1 Å². The number of carbonyl (C=O) groups is 1. The van der Waals surface area contributed by atoms with Crippen molar-refractivity contribution in [2.45, 2.75) is 94.3 Å². The van der Waals surface area contributed by atoms with Gasteiger partial charge < -0.3 is 19.9 Å². The quantitative estimate of drug-likeness (QED) is 0.131. The van der Waals surface area contributed by atoms with Gasteiger partial charge in [0.1, 0.15) is 23.6 Å². The van der Waals surface area contributed by atoms with Crippen LogP contribution in [0.1, 0.15) is 92.8 Å². The Labute approximate surface area is 323 Å². The molecule has 2 aromatic heterocycles. The molecule has 3 aliphatic rings. The van der Waals surface area contributed by atoms with E-state index in [1.54, 1.807) is 36.1 Å². The smallest absolute Gasteiger partial charge is 0.329 e. The van der Waals surface area contributed by atoms with Gasteiger partial charge in [0.15, 0.2) is 9.84 Å². The summed E-state index contributed by atoms with van der Waals surface area (Å²) >= 11 is 6.28. The summed E-state index contributed by atoms with van der Waals surface area (Å²) in [6.07, 6.45) is 10.8. The third-order valence-electron chi connectivity index (χ3n) is 12.2. The Morgan fingerprint density at radius 2 is 1.91 bits per heavy atom. The molecule has 3 aliphatic carbocycles. The van der Waals surface area contributed by atoms with Crippen LogP contribution in [0.25, 0.3) is 0 Å². The number of aryl methyl sites for hydroxylation is 2. The maximum Gasteiger partial charge on any atom is 0.329 e. The first-order valence-electron chi connectivity index (χ1n) is 19.2. The Morgan fingerprint density at radius 3 is 2.65 bits per heavy atom. The number of aromatic nitrogens is 3. The van der Waals surface area contributed by atoms with Crippen molar-refractivity contribution in [2.75, 3.05) is 24.3 Å². The van der Waals surface area contributed by atoms with Gasteiger partial charge in [0, 0.05) is 41.4 Å². The molecule has 54 heavy (non-hydrogen) atoms. The standard InChI is InChI=1S/C42H51ClN4O6S/c1-28(26-53-38-13-18-44-37-9-4-6-29(2)39(37)38)22-31-23-30-10-11-35(52-20-21-54(50,51)27-34-12-19-45-47(34)3)25-36(30)41(31)14-16-42(17-15-41,40(48)49)46-33-8-5-7-32(43)24-33/h5,7-8,10-13,18-19,24-25,28-29,31,46H,4,6,9,14-17,20-23,26-27H2,1-3H3,(H,48,49)/t28-,29-,31+,41?,42?/m1/s1. The van der Waals surface area contributed by atoms with Gasteiger partial charge >= 0.3 is 5.97 Å². The van der Waals surface area contributed by atoms with Crippen LogP contribution in [0.2, 0.25) is 5.02 Å². The van der Waals surface area contributed by atoms with Crippen LogP contribution in [-0.2, 0) is 45.7 Å². The van der Waals surface area contributed by atoms with E-state index in [2.05, 4.69) is 41.4 Å². The van der Waals surface area contributed by atoms with E-state index in [9.17, 15) is 18.3 Å². The highest BCUT2D eigenvalue weighted by Crippen LogP contribution is 2.57. The molecule has 10 nitrogen and oxygen atoms in total. The van der Waals surface area contributed by atoms with Gasteiger partial charge in [-0.25, -0.2) is 13.2 Å². The first kappa shape index (κ1) is 38.2. The number of hydrogen-bond acceptors (Lipinski definition) is 8. The van der Waals surface area contributed by atoms with E-state index < -0.39 is 21.3 Å². The molecule has 0 bridgehead atoms. The predicted octanol–water partition coefficient (Wildman–Crippen LogP) is 7.93. The van der Waals surface area contributed by atoms with Crippen LogP contribution < -0.4 is 14.8 Å². The van der Waals surface area contributed by atoms with Crippen molar-refractivity contribution in [3.8, 4) is 11.5 Å². The van der Waals surface area contributed by atoms with Gasteiger partial charge in [-0.1, -0.05) is 37.6 Å². The van der Waals surface area contributed by atoms with Crippen LogP contribution >= 0.6 is 11.6 Å². The van der Waals surface area contributed by atoms with E-state index in [-0.39, 0.29) is 35.4 Å². The highest BCUT2D eigenvalue weighted by atomic mass is 35.5. The van der Waals surface area contributed by atoms with Crippen LogP contribution in [-0.4, -0.2) is 58.8 Å². The van der Waals surface area contributed by atoms with E-state index in [1.807, 2.05) is 30.5 Å². The molecular weight excluding hydrogens is 724 g/mol. The van der Waals surface area contributed by atoms with Gasteiger partial charge in [-0.05, 0) is 135 Å². The second-order valence-electron chi connectivity index (χ2n) is 15.9. The fraction of sp³-hybridized carbons (Fsp3) is 0.500. The zero-order valence-electron chi connectivity index (χ0n) is 31.4. The molecule has 0 saturated heterocycles. The average molecular weight is 775 g/mol. The SMILES string of the molecule is C[C@@H](COc1ccnc2c1[C@H](C)CCC2)C[C@H]1Cc2ccc(OCCS(=O)(=O)Cc3ccnn3C)cc2C12CCC(Nc1cccc(Cl)c1)(C(=O)O)CC2. The monoisotopic (exact) mass is 774 g/mol. The van der Waals surface area contributed by atoms with Gasteiger partial charge in [0.25, 0.3) is 0 Å². The average Bonchev–Trinajstić information content (AvgIpc) is 3.66. The Hall–Kier alpha value is -4.09. The number of aliphatic carboxylic acids is 1. The number of pyridine rings is 1. The van der Waals surface area contributed by atoms with Crippen molar-refractivity contribution in [1.29, 1.82) is 0 Å². The van der Waals surface area contributed by atoms with Gasteiger partial charge in [0.2, 0.25) is 0 Å². The van der Waals surface area contributed by atoms with E-state index in [1.165, 1.54) is 16.7 Å². The van der Waals surface area contributed by atoms with Crippen molar-refractivity contribution in [1.82, 2.24) is 14.8 Å². The largest absolute Gasteiger partial charge is 0.493 e. The van der Waals surface area contributed by atoms with Crippen molar-refractivity contribution in [3.05, 3.63) is 100 Å². The lowest BCUT2D eigenvalue weighted by molar-refractivity contribution is -0.144. The molecule has 3 atom stereocenters. The summed E-state index contributed by atoms with van der Waals surface area (Å²) in [5, 5.41) is 18.6. The second-order valence-corrected chi connectivity index (χ2v) is 18.5. The number of benzene rings is 2. The summed E-state index contributed by atoms with van der Waals surface area (Å²) in [4.78, 5) is 17.7. The fourth-order valence-electron chi connectivity index (χ4n) is 9.29. The molecule has 0 amide bonds. The zero-order chi connectivity index (χ0) is 38.1. The van der Waals surface area contributed by atoms with Crippen LogP contribution in [0.5, 0.6) is 11.5 Å². The molecule has 0 unspecified atom stereocenters. The topological polar surface area (TPSA) is 133 Å². The maximum atomic E-state index is 13.0. The minimum absolute atomic E-state index is 0.0345. The van der Waals surface area contributed by atoms with Gasteiger partial charge in [-0.2, -0.15) is 5.10 Å². The van der Waals surface area contributed by atoms with Crippen LogP contribution in [0.15, 0.2) is 67.0 Å². The van der Waals surface area contributed by atoms with Crippen molar-refractivity contribution in [2.24, 2.45) is 18.9 Å². The first-order chi connectivity index (χ1) is 25.9. The normalized spacial score (nSPS) is 24.1. The molecule has 4 aromatic rings. The molecule has 0 aliphatic heterocycles. The molecule has 2 aromatic carbocycles. The van der Waals surface area contributed by atoms with Crippen LogP contribution in [0, 0.1) is 11.8 Å². The summed E-state index contributed by atoms with van der Waals surface area (Å²) in [6.45, 7) is 5.13. The minimum atomic E-state index is -3.41. The first-order valence-corrected chi connectivity index (χ1v) is 21.4. The van der Waals surface area contributed by atoms with E-state index in [0.29, 0.717) is 60.4 Å². The van der Waals surface area contributed by atoms with Gasteiger partial charge in [-0.15, -0.1) is 0 Å². The number of rotatable bonds is 14. The molecule has 2 heterocycles. The Kier molecular flexibility index (Phi) is 11.0. The molecule has 288 valence electrons. The summed E-state index contributed by atoms with van der Waals surface area (Å²) in [5.41, 5.74) is 4.76. The highest BCUT2D eigenvalue weighted by Gasteiger charge is 2.54. The summed E-state index contributed by atoms with van der Waals surface area (Å²) < 4.78 is 40.1. The third kappa shape index (κ3) is 7.98. The summed E-state index contributed by atoms with van der Waals surface area (Å²) in [5.74, 6) is 1.44. The van der Waals surface area contributed by atoms with Crippen molar-refractivity contribution < 1.29 is 27.8 Å². The van der Waals surface area contributed by atoms with Crippen LogP contribution in [0.4, 0.5) is 5.69 Å². The summed E-state index contributed by atoms with van der Waals surface area (Å²) in [7, 11) is -1.68. The number of fused-ring (bicyclic) bond motifs is 3. The van der Waals surface area contributed by atoms with E-state index in [4.69, 9.17) is 21.1 Å². The molecular formula is C42H51ClN4O6S. The second kappa shape index (κ2) is 15.6. The molecule has 1 spiro atoms. The summed E-state index contributed by atoms with van der Waals surface area (Å²) in [6, 6.07) is 17.1.